The molecule has 5 rings (SSSR count). The topological polar surface area (TPSA) is 217 Å². The van der Waals surface area contributed by atoms with Crippen molar-refractivity contribution in [3.8, 4) is 16.9 Å². The highest BCUT2D eigenvalue weighted by atomic mass is 16.5. The predicted octanol–water partition coefficient (Wildman–Crippen LogP) is 0.924. The summed E-state index contributed by atoms with van der Waals surface area (Å²) in [5, 5.41) is 47.6. The summed E-state index contributed by atoms with van der Waals surface area (Å²) in [5.74, 6) is -8.46. The van der Waals surface area contributed by atoms with Crippen LogP contribution in [0.5, 0.6) is 5.75 Å². The molecule has 0 aliphatic heterocycles. The number of carbonyl (C=O) groups is 5. The SMILES string of the molecule is CCOC(=O)CNC(=O)c1cccc(-c2ccc(O)c3c2C[C@H]2C[C@@H]4[C@@H](N(C)C)C(=O)C(C(N)=O)=C(O)[C@@]4(O)C(=O)C2=C3O)c1. The second-order valence-corrected chi connectivity index (χ2v) is 11.5. The summed E-state index contributed by atoms with van der Waals surface area (Å²) >= 11 is 0. The van der Waals surface area contributed by atoms with E-state index < -0.39 is 69.9 Å². The molecule has 0 spiro atoms. The highest BCUT2D eigenvalue weighted by Gasteiger charge is 2.64. The van der Waals surface area contributed by atoms with Crippen LogP contribution in [0.3, 0.4) is 0 Å². The van der Waals surface area contributed by atoms with E-state index in [1.54, 1.807) is 37.3 Å². The van der Waals surface area contributed by atoms with Gasteiger partial charge in [0.1, 0.15) is 29.4 Å². The van der Waals surface area contributed by atoms with Gasteiger partial charge in [-0.05, 0) is 74.7 Å². The van der Waals surface area contributed by atoms with E-state index in [9.17, 15) is 44.4 Å². The molecule has 0 radical (unpaired) electrons. The third-order valence-corrected chi connectivity index (χ3v) is 8.74. The molecule has 3 aliphatic rings. The van der Waals surface area contributed by atoms with Crippen molar-refractivity contribution in [1.29, 1.82) is 0 Å². The maximum atomic E-state index is 14.0. The zero-order valence-corrected chi connectivity index (χ0v) is 24.8. The number of likely N-dealkylation sites (N-methyl/N-ethyl adjacent to an activating group) is 1. The van der Waals surface area contributed by atoms with Gasteiger partial charge in [0.15, 0.2) is 11.4 Å². The lowest BCUT2D eigenvalue weighted by Gasteiger charge is -2.50. The number of rotatable bonds is 7. The fourth-order valence-corrected chi connectivity index (χ4v) is 6.81. The zero-order chi connectivity index (χ0) is 33.0. The van der Waals surface area contributed by atoms with Crippen molar-refractivity contribution in [1.82, 2.24) is 10.2 Å². The van der Waals surface area contributed by atoms with Gasteiger partial charge in [-0.2, -0.15) is 0 Å². The Morgan fingerprint density at radius 2 is 1.82 bits per heavy atom. The quantitative estimate of drug-likeness (QED) is 0.189. The number of Topliss-reactive ketones (excluding diaryl/α,β-unsaturated/α-hetero) is 2. The smallest absolute Gasteiger partial charge is 0.325 e. The van der Waals surface area contributed by atoms with Gasteiger partial charge in [0.05, 0.1) is 18.2 Å². The first kappa shape index (κ1) is 31.4. The van der Waals surface area contributed by atoms with Gasteiger partial charge in [0.2, 0.25) is 5.78 Å². The van der Waals surface area contributed by atoms with Crippen LogP contribution >= 0.6 is 0 Å². The molecular weight excluding hydrogens is 586 g/mol. The van der Waals surface area contributed by atoms with Crippen LogP contribution in [0.2, 0.25) is 0 Å². The number of benzene rings is 2. The van der Waals surface area contributed by atoms with Crippen LogP contribution in [-0.4, -0.2) is 93.6 Å². The molecular formula is C32H33N3O10. The number of aromatic hydroxyl groups is 1. The third kappa shape index (κ3) is 4.93. The molecule has 3 aliphatic carbocycles. The van der Waals surface area contributed by atoms with Crippen LogP contribution in [-0.2, 0) is 30.3 Å². The highest BCUT2D eigenvalue weighted by Crippen LogP contribution is 2.53. The number of nitrogens with two attached hydrogens (primary N) is 1. The molecule has 0 heterocycles. The number of hydrogen-bond donors (Lipinski definition) is 6. The number of ketones is 2. The Morgan fingerprint density at radius 3 is 2.47 bits per heavy atom. The molecule has 7 N–H and O–H groups in total. The predicted molar refractivity (Wildman–Crippen MR) is 159 cm³/mol. The molecule has 13 heteroatoms. The average Bonchev–Trinajstić information content (AvgIpc) is 2.97. The summed E-state index contributed by atoms with van der Waals surface area (Å²) in [6, 6.07) is 8.18. The van der Waals surface area contributed by atoms with Gasteiger partial charge >= 0.3 is 5.97 Å². The molecule has 236 valence electrons. The summed E-state index contributed by atoms with van der Waals surface area (Å²) in [5.41, 5.74) is 3.17. The molecule has 0 bridgehead atoms. The zero-order valence-electron chi connectivity index (χ0n) is 24.8. The van der Waals surface area contributed by atoms with Crippen LogP contribution in [0.4, 0.5) is 0 Å². The number of aliphatic hydroxyl groups is 3. The number of fused-ring (bicyclic) bond motifs is 3. The number of nitrogens with zero attached hydrogens (tertiary/aromatic N) is 1. The van der Waals surface area contributed by atoms with Crippen LogP contribution in [0.15, 0.2) is 53.3 Å². The Morgan fingerprint density at radius 1 is 1.11 bits per heavy atom. The molecule has 4 atom stereocenters. The Hall–Kier alpha value is -5.01. The third-order valence-electron chi connectivity index (χ3n) is 8.74. The summed E-state index contributed by atoms with van der Waals surface area (Å²) in [6.07, 6.45) is 0.0225. The second kappa shape index (κ2) is 11.5. The molecule has 2 amide bonds. The summed E-state index contributed by atoms with van der Waals surface area (Å²) in [6.45, 7) is 1.50. The molecule has 2 aromatic carbocycles. The normalized spacial score (nSPS) is 24.2. The molecule has 0 saturated heterocycles. The van der Waals surface area contributed by atoms with Gasteiger partial charge in [-0.1, -0.05) is 18.2 Å². The summed E-state index contributed by atoms with van der Waals surface area (Å²) in [7, 11) is 3.05. The molecule has 1 saturated carbocycles. The Bertz CT molecular complexity index is 1730. The van der Waals surface area contributed by atoms with E-state index in [2.05, 4.69) is 5.32 Å². The maximum absolute atomic E-state index is 14.0. The largest absolute Gasteiger partial charge is 0.508 e. The minimum atomic E-state index is -2.73. The second-order valence-electron chi connectivity index (χ2n) is 11.5. The van der Waals surface area contributed by atoms with E-state index >= 15 is 0 Å². The fraction of sp³-hybridized carbons (Fsp3) is 0.344. The Kier molecular flexibility index (Phi) is 8.02. The van der Waals surface area contributed by atoms with Crippen molar-refractivity contribution in [2.75, 3.05) is 27.2 Å². The van der Waals surface area contributed by atoms with Crippen molar-refractivity contribution in [2.45, 2.75) is 31.4 Å². The average molecular weight is 620 g/mol. The fourth-order valence-electron chi connectivity index (χ4n) is 6.81. The molecule has 0 aromatic heterocycles. The number of ether oxygens (including phenoxy) is 1. The number of nitrogens with one attached hydrogen (secondary N) is 1. The lowest BCUT2D eigenvalue weighted by atomic mass is 9.57. The van der Waals surface area contributed by atoms with Crippen molar-refractivity contribution in [3.05, 3.63) is 70.0 Å². The van der Waals surface area contributed by atoms with E-state index in [0.717, 1.165) is 0 Å². The lowest BCUT2D eigenvalue weighted by molar-refractivity contribution is -0.153. The molecule has 0 unspecified atom stereocenters. The van der Waals surface area contributed by atoms with Crippen LogP contribution < -0.4 is 11.1 Å². The van der Waals surface area contributed by atoms with Gasteiger partial charge in [-0.15, -0.1) is 0 Å². The summed E-state index contributed by atoms with van der Waals surface area (Å²) < 4.78 is 4.84. The number of hydrogen-bond acceptors (Lipinski definition) is 11. The Balaban J connectivity index is 1.60. The highest BCUT2D eigenvalue weighted by molar-refractivity contribution is 6.24. The van der Waals surface area contributed by atoms with E-state index in [4.69, 9.17) is 10.5 Å². The first-order valence-corrected chi connectivity index (χ1v) is 14.3. The standard InChI is InChI=1S/C32H33N3O10/c1-4-45-21(37)13-34-31(43)15-7-5-6-14(10-15)17-8-9-20(36)23-18(17)11-16-12-19-25(35(2)3)27(39)24(30(33)42)29(41)32(19,44)28(40)22(16)26(23)38/h5-10,16,19,25,36,38,41,44H,4,11-13H2,1-3H3,(H2,33,42)(H,34,43)/t16-,19+,25+,32-/m0/s1. The molecule has 45 heavy (non-hydrogen) atoms. The number of phenolic OH excluding ortho intramolecular Hbond substituents is 1. The first-order valence-electron chi connectivity index (χ1n) is 14.3. The van der Waals surface area contributed by atoms with Crippen molar-refractivity contribution < 1.29 is 49.1 Å². The maximum Gasteiger partial charge on any atom is 0.325 e. The number of carbonyl (C=O) groups excluding carboxylic acids is 5. The van der Waals surface area contributed by atoms with Crippen LogP contribution in [0.25, 0.3) is 16.9 Å². The number of aliphatic hydroxyl groups excluding tert-OH is 2. The number of phenols is 1. The number of primary amides is 1. The number of esters is 1. The van der Waals surface area contributed by atoms with Crippen LogP contribution in [0, 0.1) is 11.8 Å². The van der Waals surface area contributed by atoms with E-state index in [-0.39, 0.29) is 48.4 Å². The van der Waals surface area contributed by atoms with Crippen molar-refractivity contribution >= 4 is 35.1 Å². The van der Waals surface area contributed by atoms with Crippen LogP contribution in [0.1, 0.15) is 34.8 Å². The van der Waals surface area contributed by atoms with Crippen molar-refractivity contribution in [3.63, 3.8) is 0 Å². The molecule has 13 nitrogen and oxygen atoms in total. The van der Waals surface area contributed by atoms with Gasteiger partial charge in [0.25, 0.3) is 11.8 Å². The molecule has 1 fully saturated rings. The minimum Gasteiger partial charge on any atom is -0.508 e. The first-order chi connectivity index (χ1) is 21.2. The van der Waals surface area contributed by atoms with E-state index in [0.29, 0.717) is 16.7 Å². The monoisotopic (exact) mass is 619 g/mol. The van der Waals surface area contributed by atoms with E-state index in [1.165, 1.54) is 25.1 Å². The Labute approximate surface area is 257 Å². The lowest BCUT2D eigenvalue weighted by Crippen LogP contribution is -2.65. The van der Waals surface area contributed by atoms with Gasteiger partial charge < -0.3 is 36.2 Å². The van der Waals surface area contributed by atoms with E-state index in [1.807, 2.05) is 0 Å². The van der Waals surface area contributed by atoms with Gasteiger partial charge in [-0.3, -0.25) is 28.9 Å². The summed E-state index contributed by atoms with van der Waals surface area (Å²) in [4.78, 5) is 65.4. The minimum absolute atomic E-state index is 0.0584. The van der Waals surface area contributed by atoms with Gasteiger partial charge in [0, 0.05) is 17.1 Å². The molecule has 2 aromatic rings. The van der Waals surface area contributed by atoms with Crippen molar-refractivity contribution in [2.24, 2.45) is 17.6 Å². The van der Waals surface area contributed by atoms with Gasteiger partial charge in [-0.25, -0.2) is 0 Å². The number of amides is 2.